The van der Waals surface area contributed by atoms with E-state index in [1.165, 1.54) is 20.3 Å². The molecule has 1 saturated heterocycles. The highest BCUT2D eigenvalue weighted by molar-refractivity contribution is 5.96. The summed E-state index contributed by atoms with van der Waals surface area (Å²) < 4.78 is 20.9. The molecule has 1 aromatic rings. The Bertz CT molecular complexity index is 1010. The molecule has 1 N–H and O–H groups in total. The number of allylic oxidation sites excluding steroid dienone is 1. The number of ketones is 1. The lowest BCUT2D eigenvalue weighted by Crippen LogP contribution is -2.60. The number of piperidine rings is 1. The predicted molar refractivity (Wildman–Crippen MR) is 121 cm³/mol. The van der Waals surface area contributed by atoms with Gasteiger partial charge in [-0.2, -0.15) is 0 Å². The molecule has 8 heteroatoms. The van der Waals surface area contributed by atoms with Crippen LogP contribution in [0, 0.1) is 5.92 Å². The predicted octanol–water partition coefficient (Wildman–Crippen LogP) is 2.22. The van der Waals surface area contributed by atoms with Crippen LogP contribution in [-0.4, -0.2) is 75.9 Å². The number of Topliss-reactive ketones (excluding diaryl/α,β-unsaturated/α-hetero) is 1. The Labute approximate surface area is 193 Å². The van der Waals surface area contributed by atoms with Crippen LogP contribution in [0.4, 0.5) is 0 Å². The first-order valence-corrected chi connectivity index (χ1v) is 11.1. The third kappa shape index (κ3) is 3.91. The molecule has 1 fully saturated rings. The van der Waals surface area contributed by atoms with Gasteiger partial charge in [0.15, 0.2) is 23.0 Å². The van der Waals surface area contributed by atoms with Gasteiger partial charge in [0, 0.05) is 42.5 Å². The van der Waals surface area contributed by atoms with Crippen molar-refractivity contribution in [3.63, 3.8) is 0 Å². The number of esters is 1. The standard InChI is InChI=1S/C25H31NO7/c1-26-8-7-25-14-19(27)20(31-3)13-17(25)18(26)12-16-15(5-6-22(28)33-10-9-30-2)11-21(32-4)24(29)23(16)25/h5-6,11,13,17-18,29H,7-10,12,14H2,1-4H3/b6-5+/t17-,18+,25-/m1/s1. The van der Waals surface area contributed by atoms with E-state index in [1.54, 1.807) is 19.3 Å². The monoisotopic (exact) mass is 457 g/mol. The topological polar surface area (TPSA) is 94.5 Å². The van der Waals surface area contributed by atoms with E-state index in [2.05, 4.69) is 11.9 Å². The summed E-state index contributed by atoms with van der Waals surface area (Å²) in [5, 5.41) is 11.3. The SMILES string of the molecule is COCCOC(=O)/C=C/c1cc(OC)c(O)c2c1C[C@H]1[C@H]3C=C(OC)C(=O)C[C@@]23CCN1C. The van der Waals surface area contributed by atoms with Crippen LogP contribution in [0.2, 0.25) is 0 Å². The van der Waals surface area contributed by atoms with Gasteiger partial charge in [0.05, 0.1) is 20.8 Å². The average Bonchev–Trinajstić information content (AvgIpc) is 2.80. The number of hydrogen-bond acceptors (Lipinski definition) is 8. The van der Waals surface area contributed by atoms with Crippen molar-refractivity contribution in [3.05, 3.63) is 40.7 Å². The average molecular weight is 458 g/mol. The van der Waals surface area contributed by atoms with Gasteiger partial charge < -0.3 is 29.0 Å². The number of carbonyl (C=O) groups is 2. The molecule has 33 heavy (non-hydrogen) atoms. The lowest BCUT2D eigenvalue weighted by Gasteiger charge is -2.56. The number of benzene rings is 1. The van der Waals surface area contributed by atoms with Crippen molar-refractivity contribution in [2.24, 2.45) is 5.92 Å². The summed E-state index contributed by atoms with van der Waals surface area (Å²) in [5.74, 6) is 0.261. The van der Waals surface area contributed by atoms with Crippen molar-refractivity contribution in [2.75, 3.05) is 48.1 Å². The number of fused-ring (bicyclic) bond motifs is 1. The molecule has 2 aliphatic carbocycles. The van der Waals surface area contributed by atoms with E-state index in [1.807, 2.05) is 6.08 Å². The second-order valence-corrected chi connectivity index (χ2v) is 8.88. The quantitative estimate of drug-likeness (QED) is 0.378. The maximum absolute atomic E-state index is 13.0. The summed E-state index contributed by atoms with van der Waals surface area (Å²) in [6.45, 7) is 1.31. The number of aromatic hydroxyl groups is 1. The van der Waals surface area contributed by atoms with Crippen molar-refractivity contribution in [2.45, 2.75) is 30.7 Å². The minimum absolute atomic E-state index is 0.0187. The fourth-order valence-electron chi connectivity index (χ4n) is 5.71. The van der Waals surface area contributed by atoms with Crippen LogP contribution in [-0.2, 0) is 35.6 Å². The number of rotatable bonds is 7. The number of nitrogens with zero attached hydrogens (tertiary/aromatic N) is 1. The van der Waals surface area contributed by atoms with Gasteiger partial charge in [-0.05, 0) is 55.8 Å². The number of likely N-dealkylation sites (tertiary alicyclic amines) is 1. The molecule has 0 spiro atoms. The van der Waals surface area contributed by atoms with Gasteiger partial charge in [-0.15, -0.1) is 0 Å². The fourth-order valence-corrected chi connectivity index (χ4v) is 5.71. The van der Waals surface area contributed by atoms with E-state index in [-0.39, 0.29) is 36.5 Å². The van der Waals surface area contributed by atoms with Crippen LogP contribution >= 0.6 is 0 Å². The van der Waals surface area contributed by atoms with Crippen LogP contribution in [0.1, 0.15) is 29.5 Å². The Morgan fingerprint density at radius 3 is 2.76 bits per heavy atom. The molecule has 0 unspecified atom stereocenters. The van der Waals surface area contributed by atoms with Crippen molar-refractivity contribution in [3.8, 4) is 11.5 Å². The van der Waals surface area contributed by atoms with Gasteiger partial charge in [-0.25, -0.2) is 4.79 Å². The summed E-state index contributed by atoms with van der Waals surface area (Å²) in [6.07, 6.45) is 6.66. The highest BCUT2D eigenvalue weighted by atomic mass is 16.6. The number of phenolic OH excluding ortho intramolecular Hbond substituents is 1. The molecule has 3 atom stereocenters. The number of carbonyl (C=O) groups excluding carboxylic acids is 2. The van der Waals surface area contributed by atoms with E-state index in [4.69, 9.17) is 18.9 Å². The van der Waals surface area contributed by atoms with E-state index in [0.717, 1.165) is 29.7 Å². The Kier molecular flexibility index (Phi) is 6.50. The minimum Gasteiger partial charge on any atom is -0.504 e. The molecule has 0 saturated carbocycles. The lowest BCUT2D eigenvalue weighted by atomic mass is 9.53. The van der Waals surface area contributed by atoms with E-state index < -0.39 is 11.4 Å². The molecule has 1 heterocycles. The second kappa shape index (κ2) is 9.19. The smallest absolute Gasteiger partial charge is 0.330 e. The molecule has 3 aliphatic rings. The van der Waals surface area contributed by atoms with E-state index in [9.17, 15) is 14.7 Å². The van der Waals surface area contributed by atoms with E-state index >= 15 is 0 Å². The molecular formula is C25H31NO7. The number of hydrogen-bond donors (Lipinski definition) is 1. The molecule has 4 rings (SSSR count). The molecule has 0 radical (unpaired) electrons. The molecule has 1 aliphatic heterocycles. The molecule has 2 bridgehead atoms. The van der Waals surface area contributed by atoms with Crippen molar-refractivity contribution in [1.82, 2.24) is 4.90 Å². The second-order valence-electron chi connectivity index (χ2n) is 8.88. The number of methoxy groups -OCH3 is 3. The molecule has 178 valence electrons. The van der Waals surface area contributed by atoms with E-state index in [0.29, 0.717) is 24.5 Å². The van der Waals surface area contributed by atoms with Gasteiger partial charge in [0.2, 0.25) is 0 Å². The Balaban J connectivity index is 1.83. The fraction of sp³-hybridized carbons (Fsp3) is 0.520. The summed E-state index contributed by atoms with van der Waals surface area (Å²) in [5.41, 5.74) is 1.91. The Hall–Kier alpha value is -2.84. The summed E-state index contributed by atoms with van der Waals surface area (Å²) in [6, 6.07) is 1.87. The highest BCUT2D eigenvalue weighted by Crippen LogP contribution is 2.58. The number of phenols is 1. The molecular weight excluding hydrogens is 426 g/mol. The van der Waals surface area contributed by atoms with Gasteiger partial charge in [-0.3, -0.25) is 4.79 Å². The van der Waals surface area contributed by atoms with Gasteiger partial charge in [-0.1, -0.05) is 0 Å². The Morgan fingerprint density at radius 2 is 2.06 bits per heavy atom. The summed E-state index contributed by atoms with van der Waals surface area (Å²) in [7, 11) is 6.65. The Morgan fingerprint density at radius 1 is 1.27 bits per heavy atom. The zero-order valence-corrected chi connectivity index (χ0v) is 19.6. The first kappa shape index (κ1) is 23.3. The van der Waals surface area contributed by atoms with Gasteiger partial charge in [0.25, 0.3) is 0 Å². The molecule has 8 nitrogen and oxygen atoms in total. The third-order valence-corrected chi connectivity index (χ3v) is 7.30. The van der Waals surface area contributed by atoms with Gasteiger partial charge in [0.1, 0.15) is 6.61 Å². The largest absolute Gasteiger partial charge is 0.504 e. The van der Waals surface area contributed by atoms with Crippen molar-refractivity contribution >= 4 is 17.8 Å². The first-order valence-electron chi connectivity index (χ1n) is 11.1. The van der Waals surface area contributed by atoms with Crippen LogP contribution in [0.25, 0.3) is 6.08 Å². The number of ether oxygens (including phenoxy) is 4. The highest BCUT2D eigenvalue weighted by Gasteiger charge is 2.57. The third-order valence-electron chi connectivity index (χ3n) is 7.30. The van der Waals surface area contributed by atoms with Crippen molar-refractivity contribution < 1.29 is 33.6 Å². The summed E-state index contributed by atoms with van der Waals surface area (Å²) >= 11 is 0. The molecule has 0 amide bonds. The number of likely N-dealkylation sites (N-methyl/N-ethyl adjacent to an activating group) is 1. The first-order chi connectivity index (χ1) is 15.9. The summed E-state index contributed by atoms with van der Waals surface area (Å²) in [4.78, 5) is 27.4. The van der Waals surface area contributed by atoms with Crippen LogP contribution in [0.15, 0.2) is 24.0 Å². The zero-order chi connectivity index (χ0) is 23.8. The van der Waals surface area contributed by atoms with Crippen LogP contribution < -0.4 is 4.74 Å². The maximum atomic E-state index is 13.0. The van der Waals surface area contributed by atoms with Crippen LogP contribution in [0.3, 0.4) is 0 Å². The zero-order valence-electron chi connectivity index (χ0n) is 19.6. The molecule has 1 aromatic carbocycles. The lowest BCUT2D eigenvalue weighted by molar-refractivity contribution is -0.138. The van der Waals surface area contributed by atoms with Crippen molar-refractivity contribution in [1.29, 1.82) is 0 Å². The molecule has 0 aromatic heterocycles. The van der Waals surface area contributed by atoms with Crippen LogP contribution in [0.5, 0.6) is 11.5 Å². The minimum atomic E-state index is -0.552. The maximum Gasteiger partial charge on any atom is 0.330 e. The normalized spacial score (nSPS) is 26.4. The van der Waals surface area contributed by atoms with Gasteiger partial charge >= 0.3 is 5.97 Å².